The second-order valence-electron chi connectivity index (χ2n) is 6.24. The van der Waals surface area contributed by atoms with E-state index in [-0.39, 0.29) is 5.91 Å². The Morgan fingerprint density at radius 2 is 1.38 bits per heavy atom. The van der Waals surface area contributed by atoms with Gasteiger partial charge in [-0.1, -0.05) is 29.8 Å². The molecule has 0 fully saturated rings. The van der Waals surface area contributed by atoms with Crippen LogP contribution in [0, 0.1) is 0 Å². The molecule has 0 spiro atoms. The van der Waals surface area contributed by atoms with E-state index in [9.17, 15) is 4.79 Å². The fraction of sp³-hybridized carbons (Fsp3) is 0.174. The molecule has 29 heavy (non-hydrogen) atoms. The van der Waals surface area contributed by atoms with E-state index < -0.39 is 6.10 Å². The molecule has 0 saturated heterocycles. The third-order valence-corrected chi connectivity index (χ3v) is 4.23. The number of hydrogen-bond acceptors (Lipinski definition) is 4. The van der Waals surface area contributed by atoms with Crippen LogP contribution in [-0.4, -0.2) is 25.2 Å². The second kappa shape index (κ2) is 10.4. The maximum Gasteiger partial charge on any atom is 0.265 e. The maximum atomic E-state index is 12.3. The summed E-state index contributed by atoms with van der Waals surface area (Å²) in [6.07, 6.45) is -0.651. The van der Waals surface area contributed by atoms with Crippen LogP contribution in [-0.2, 0) is 4.79 Å². The highest BCUT2D eigenvalue weighted by atomic mass is 35.5. The molecule has 0 aromatic heterocycles. The zero-order valence-corrected chi connectivity index (χ0v) is 16.8. The number of carbonyl (C=O) groups is 1. The number of carbonyl (C=O) groups excluding carboxylic acids is 1. The van der Waals surface area contributed by atoms with Crippen molar-refractivity contribution in [3.05, 3.63) is 83.9 Å². The van der Waals surface area contributed by atoms with Crippen LogP contribution in [0.15, 0.2) is 78.9 Å². The molecule has 6 heteroatoms. The highest BCUT2D eigenvalue weighted by molar-refractivity contribution is 6.30. The van der Waals surface area contributed by atoms with Crippen LogP contribution in [0.3, 0.4) is 0 Å². The van der Waals surface area contributed by atoms with Crippen LogP contribution in [0.5, 0.6) is 17.2 Å². The predicted octanol–water partition coefficient (Wildman–Crippen LogP) is 5.20. The average molecular weight is 412 g/mol. The molecule has 0 aliphatic heterocycles. The van der Waals surface area contributed by atoms with Crippen LogP contribution < -0.4 is 19.5 Å². The quantitative estimate of drug-likeness (QED) is 0.491. The standard InChI is InChI=1S/C23H22ClNO4/c1-17(29-22-11-7-18(24)8-12-22)23(26)25-19-9-13-21(14-10-19)28-16-15-27-20-5-3-2-4-6-20/h2-14,17H,15-16H2,1H3,(H,25,26). The van der Waals surface area contributed by atoms with E-state index >= 15 is 0 Å². The van der Waals surface area contributed by atoms with Gasteiger partial charge in [0.1, 0.15) is 30.5 Å². The monoisotopic (exact) mass is 411 g/mol. The van der Waals surface area contributed by atoms with Crippen molar-refractivity contribution in [2.75, 3.05) is 18.5 Å². The molecular formula is C23H22ClNO4. The first kappa shape index (κ1) is 20.6. The SMILES string of the molecule is CC(Oc1ccc(Cl)cc1)C(=O)Nc1ccc(OCCOc2ccccc2)cc1. The highest BCUT2D eigenvalue weighted by Gasteiger charge is 2.15. The van der Waals surface area contributed by atoms with Gasteiger partial charge in [0.15, 0.2) is 6.10 Å². The van der Waals surface area contributed by atoms with Gasteiger partial charge in [0.2, 0.25) is 0 Å². The van der Waals surface area contributed by atoms with Crippen LogP contribution in [0.25, 0.3) is 0 Å². The van der Waals surface area contributed by atoms with Crippen molar-refractivity contribution in [2.24, 2.45) is 0 Å². The number of rotatable bonds is 9. The van der Waals surface area contributed by atoms with Crippen molar-refractivity contribution in [1.29, 1.82) is 0 Å². The van der Waals surface area contributed by atoms with E-state index in [1.807, 2.05) is 30.3 Å². The van der Waals surface area contributed by atoms with Crippen molar-refractivity contribution >= 4 is 23.2 Å². The van der Waals surface area contributed by atoms with Gasteiger partial charge in [0, 0.05) is 10.7 Å². The van der Waals surface area contributed by atoms with Crippen molar-refractivity contribution in [2.45, 2.75) is 13.0 Å². The van der Waals surface area contributed by atoms with Gasteiger partial charge in [0.25, 0.3) is 5.91 Å². The summed E-state index contributed by atoms with van der Waals surface area (Å²) in [5, 5.41) is 3.43. The summed E-state index contributed by atoms with van der Waals surface area (Å²) in [5.74, 6) is 1.85. The Labute approximate surface area is 175 Å². The molecule has 1 unspecified atom stereocenters. The molecule has 0 aliphatic carbocycles. The largest absolute Gasteiger partial charge is 0.490 e. The Hall–Kier alpha value is -3.18. The van der Waals surface area contributed by atoms with Crippen molar-refractivity contribution in [3.8, 4) is 17.2 Å². The van der Waals surface area contributed by atoms with Gasteiger partial charge in [-0.05, 0) is 67.6 Å². The lowest BCUT2D eigenvalue weighted by molar-refractivity contribution is -0.122. The Balaban J connectivity index is 1.42. The molecule has 1 N–H and O–H groups in total. The molecule has 0 aliphatic rings. The molecule has 0 saturated carbocycles. The van der Waals surface area contributed by atoms with E-state index in [1.54, 1.807) is 55.5 Å². The number of hydrogen-bond donors (Lipinski definition) is 1. The number of nitrogens with one attached hydrogen (secondary N) is 1. The topological polar surface area (TPSA) is 56.8 Å². The van der Waals surface area contributed by atoms with Crippen molar-refractivity contribution < 1.29 is 19.0 Å². The number of anilines is 1. The van der Waals surface area contributed by atoms with Gasteiger partial charge >= 0.3 is 0 Å². The second-order valence-corrected chi connectivity index (χ2v) is 6.67. The van der Waals surface area contributed by atoms with Crippen LogP contribution in [0.4, 0.5) is 5.69 Å². The lowest BCUT2D eigenvalue weighted by Gasteiger charge is -2.15. The number of ether oxygens (including phenoxy) is 3. The van der Waals surface area contributed by atoms with Crippen molar-refractivity contribution in [1.82, 2.24) is 0 Å². The summed E-state index contributed by atoms with van der Waals surface area (Å²) in [7, 11) is 0. The molecule has 0 heterocycles. The Bertz CT molecular complexity index is 898. The summed E-state index contributed by atoms with van der Waals surface area (Å²) in [4.78, 5) is 12.3. The molecule has 1 atom stereocenters. The van der Waals surface area contributed by atoms with Gasteiger partial charge in [0.05, 0.1) is 0 Å². The van der Waals surface area contributed by atoms with Gasteiger partial charge in [-0.25, -0.2) is 0 Å². The number of para-hydroxylation sites is 1. The summed E-state index contributed by atoms with van der Waals surface area (Å²) in [6.45, 7) is 2.56. The molecule has 150 valence electrons. The molecule has 0 bridgehead atoms. The summed E-state index contributed by atoms with van der Waals surface area (Å²) >= 11 is 5.85. The zero-order valence-electron chi connectivity index (χ0n) is 16.0. The van der Waals surface area contributed by atoms with Gasteiger partial charge in [-0.15, -0.1) is 0 Å². The molecule has 0 radical (unpaired) electrons. The first-order valence-corrected chi connectivity index (χ1v) is 9.62. The first-order chi connectivity index (χ1) is 14.1. The summed E-state index contributed by atoms with van der Waals surface area (Å²) < 4.78 is 16.9. The van der Waals surface area contributed by atoms with E-state index in [4.69, 9.17) is 25.8 Å². The number of halogens is 1. The van der Waals surface area contributed by atoms with Gasteiger partial charge in [-0.2, -0.15) is 0 Å². The normalized spacial score (nSPS) is 11.4. The minimum Gasteiger partial charge on any atom is -0.490 e. The molecule has 3 rings (SSSR count). The molecule has 3 aromatic rings. The van der Waals surface area contributed by atoms with E-state index in [0.29, 0.717) is 35.4 Å². The van der Waals surface area contributed by atoms with E-state index in [0.717, 1.165) is 5.75 Å². The van der Waals surface area contributed by atoms with Gasteiger partial charge in [-0.3, -0.25) is 4.79 Å². The fourth-order valence-electron chi connectivity index (χ4n) is 2.48. The molecule has 5 nitrogen and oxygen atoms in total. The lowest BCUT2D eigenvalue weighted by atomic mass is 10.2. The summed E-state index contributed by atoms with van der Waals surface area (Å²) in [5.41, 5.74) is 0.662. The average Bonchev–Trinajstić information content (AvgIpc) is 2.74. The molecule has 1 amide bonds. The third-order valence-electron chi connectivity index (χ3n) is 3.98. The van der Waals surface area contributed by atoms with Crippen molar-refractivity contribution in [3.63, 3.8) is 0 Å². The summed E-state index contributed by atoms with van der Waals surface area (Å²) in [6, 6.07) is 23.6. The number of benzene rings is 3. The maximum absolute atomic E-state index is 12.3. The smallest absolute Gasteiger partial charge is 0.265 e. The highest BCUT2D eigenvalue weighted by Crippen LogP contribution is 2.19. The molecular weight excluding hydrogens is 390 g/mol. The Kier molecular flexibility index (Phi) is 7.36. The van der Waals surface area contributed by atoms with Gasteiger partial charge < -0.3 is 19.5 Å². The first-order valence-electron chi connectivity index (χ1n) is 9.24. The lowest BCUT2D eigenvalue weighted by Crippen LogP contribution is -2.30. The number of amides is 1. The minimum atomic E-state index is -0.651. The Morgan fingerprint density at radius 3 is 2.00 bits per heavy atom. The van der Waals surface area contributed by atoms with E-state index in [2.05, 4.69) is 5.32 Å². The minimum absolute atomic E-state index is 0.245. The fourth-order valence-corrected chi connectivity index (χ4v) is 2.61. The molecule has 3 aromatic carbocycles. The Morgan fingerprint density at radius 1 is 0.828 bits per heavy atom. The van der Waals surface area contributed by atoms with Crippen LogP contribution in [0.1, 0.15) is 6.92 Å². The van der Waals surface area contributed by atoms with E-state index in [1.165, 1.54) is 0 Å². The third kappa shape index (κ3) is 6.73. The van der Waals surface area contributed by atoms with Crippen LogP contribution in [0.2, 0.25) is 5.02 Å². The van der Waals surface area contributed by atoms with Crippen LogP contribution >= 0.6 is 11.6 Å². The predicted molar refractivity (Wildman–Crippen MR) is 114 cm³/mol. The zero-order chi connectivity index (χ0) is 20.5.